The summed E-state index contributed by atoms with van der Waals surface area (Å²) in [5.74, 6) is 0.334. The van der Waals surface area contributed by atoms with E-state index in [-0.39, 0.29) is 11.9 Å². The molecule has 0 aliphatic heterocycles. The molecule has 1 unspecified atom stereocenters. The van der Waals surface area contributed by atoms with Gasteiger partial charge >= 0.3 is 0 Å². The van der Waals surface area contributed by atoms with Crippen LogP contribution < -0.4 is 5.32 Å². The van der Waals surface area contributed by atoms with Crippen LogP contribution in [-0.4, -0.2) is 20.9 Å². The van der Waals surface area contributed by atoms with Crippen LogP contribution in [0.25, 0.3) is 0 Å². The third-order valence-electron chi connectivity index (χ3n) is 3.08. The molecule has 1 heterocycles. The fourth-order valence-electron chi connectivity index (χ4n) is 2.03. The van der Waals surface area contributed by atoms with Crippen molar-refractivity contribution in [2.75, 3.05) is 5.32 Å². The SMILES string of the molecule is Cc1ccc(NC(=O)C(CC(C)C)n2ccnn2)cc1. The Bertz CT molecular complexity index is 546. The first-order valence-electron chi connectivity index (χ1n) is 6.79. The molecule has 20 heavy (non-hydrogen) atoms. The van der Waals surface area contributed by atoms with Gasteiger partial charge < -0.3 is 5.32 Å². The van der Waals surface area contributed by atoms with Crippen LogP contribution in [-0.2, 0) is 4.79 Å². The van der Waals surface area contributed by atoms with Gasteiger partial charge in [-0.15, -0.1) is 5.10 Å². The highest BCUT2D eigenvalue weighted by Gasteiger charge is 2.22. The molecular formula is C15H20N4O. The molecule has 1 amide bonds. The van der Waals surface area contributed by atoms with Crippen LogP contribution >= 0.6 is 0 Å². The maximum atomic E-state index is 12.4. The second-order valence-electron chi connectivity index (χ2n) is 5.38. The van der Waals surface area contributed by atoms with E-state index in [0.29, 0.717) is 5.92 Å². The first kappa shape index (κ1) is 14.2. The summed E-state index contributed by atoms with van der Waals surface area (Å²) in [5, 5.41) is 10.7. The highest BCUT2D eigenvalue weighted by molar-refractivity contribution is 5.93. The zero-order valence-corrected chi connectivity index (χ0v) is 12.1. The minimum atomic E-state index is -0.334. The molecule has 5 heteroatoms. The van der Waals surface area contributed by atoms with Gasteiger partial charge in [0.05, 0.1) is 6.20 Å². The predicted octanol–water partition coefficient (Wildman–Crippen LogP) is 2.81. The number of carbonyl (C=O) groups is 1. The molecule has 1 aromatic carbocycles. The lowest BCUT2D eigenvalue weighted by molar-refractivity contribution is -0.120. The largest absolute Gasteiger partial charge is 0.324 e. The number of anilines is 1. The van der Waals surface area contributed by atoms with Crippen molar-refractivity contribution in [2.45, 2.75) is 33.2 Å². The van der Waals surface area contributed by atoms with Crippen LogP contribution in [0, 0.1) is 12.8 Å². The van der Waals surface area contributed by atoms with Gasteiger partial charge in [0.15, 0.2) is 0 Å². The molecule has 106 valence electrons. The third-order valence-corrected chi connectivity index (χ3v) is 3.08. The van der Waals surface area contributed by atoms with E-state index in [1.807, 2.05) is 31.2 Å². The Labute approximate surface area is 119 Å². The van der Waals surface area contributed by atoms with Crippen LogP contribution in [0.3, 0.4) is 0 Å². The van der Waals surface area contributed by atoms with E-state index in [2.05, 4.69) is 29.5 Å². The molecule has 1 N–H and O–H groups in total. The molecule has 0 fully saturated rings. The number of benzene rings is 1. The van der Waals surface area contributed by atoms with Crippen LogP contribution in [0.15, 0.2) is 36.7 Å². The first-order valence-corrected chi connectivity index (χ1v) is 6.79. The Morgan fingerprint density at radius 1 is 1.30 bits per heavy atom. The number of nitrogens with zero attached hydrogens (tertiary/aromatic N) is 3. The van der Waals surface area contributed by atoms with Crippen molar-refractivity contribution >= 4 is 11.6 Å². The van der Waals surface area contributed by atoms with Crippen molar-refractivity contribution in [1.29, 1.82) is 0 Å². The van der Waals surface area contributed by atoms with Gasteiger partial charge in [-0.3, -0.25) is 4.79 Å². The smallest absolute Gasteiger partial charge is 0.249 e. The molecule has 0 aliphatic carbocycles. The van der Waals surface area contributed by atoms with Gasteiger partial charge in [0.2, 0.25) is 5.91 Å². The van der Waals surface area contributed by atoms with Gasteiger partial charge in [0, 0.05) is 11.9 Å². The Kier molecular flexibility index (Phi) is 4.50. The maximum Gasteiger partial charge on any atom is 0.249 e. The average molecular weight is 272 g/mol. The van der Waals surface area contributed by atoms with E-state index in [4.69, 9.17) is 0 Å². The molecule has 0 spiro atoms. The van der Waals surface area contributed by atoms with Crippen molar-refractivity contribution in [2.24, 2.45) is 5.92 Å². The summed E-state index contributed by atoms with van der Waals surface area (Å²) in [7, 11) is 0. The standard InChI is InChI=1S/C15H20N4O/c1-11(2)10-14(19-9-8-16-18-19)15(20)17-13-6-4-12(3)5-7-13/h4-9,11,14H,10H2,1-3H3,(H,17,20). The normalized spacial score (nSPS) is 12.4. The molecule has 0 saturated heterocycles. The van der Waals surface area contributed by atoms with Crippen LogP contribution in [0.5, 0.6) is 0 Å². The number of aromatic nitrogens is 3. The number of rotatable bonds is 5. The molecule has 2 rings (SSSR count). The van der Waals surface area contributed by atoms with E-state index in [0.717, 1.165) is 17.7 Å². The maximum absolute atomic E-state index is 12.4. The number of aryl methyl sites for hydroxylation is 1. The van der Waals surface area contributed by atoms with E-state index < -0.39 is 0 Å². The molecule has 2 aromatic rings. The number of hydrogen-bond donors (Lipinski definition) is 1. The summed E-state index contributed by atoms with van der Waals surface area (Å²) in [5.41, 5.74) is 1.97. The molecular weight excluding hydrogens is 252 g/mol. The molecule has 0 saturated carbocycles. The summed E-state index contributed by atoms with van der Waals surface area (Å²) in [6, 6.07) is 7.42. The van der Waals surface area contributed by atoms with E-state index >= 15 is 0 Å². The second-order valence-corrected chi connectivity index (χ2v) is 5.38. The number of hydrogen-bond acceptors (Lipinski definition) is 3. The Hall–Kier alpha value is -2.17. The summed E-state index contributed by atoms with van der Waals surface area (Å²) in [6.07, 6.45) is 4.04. The van der Waals surface area contributed by atoms with Crippen LogP contribution in [0.1, 0.15) is 31.9 Å². The minimum absolute atomic E-state index is 0.0620. The van der Waals surface area contributed by atoms with Gasteiger partial charge in [-0.25, -0.2) is 4.68 Å². The third kappa shape index (κ3) is 3.66. The lowest BCUT2D eigenvalue weighted by atomic mass is 10.0. The fourth-order valence-corrected chi connectivity index (χ4v) is 2.03. The lowest BCUT2D eigenvalue weighted by Gasteiger charge is -2.18. The van der Waals surface area contributed by atoms with Crippen molar-refractivity contribution in [3.63, 3.8) is 0 Å². The zero-order valence-electron chi connectivity index (χ0n) is 12.1. The van der Waals surface area contributed by atoms with Crippen LogP contribution in [0.4, 0.5) is 5.69 Å². The van der Waals surface area contributed by atoms with E-state index in [9.17, 15) is 4.79 Å². The van der Waals surface area contributed by atoms with Crippen molar-refractivity contribution in [1.82, 2.24) is 15.0 Å². The predicted molar refractivity (Wildman–Crippen MR) is 78.3 cm³/mol. The quantitative estimate of drug-likeness (QED) is 0.910. The molecule has 0 radical (unpaired) electrons. The lowest BCUT2D eigenvalue weighted by Crippen LogP contribution is -2.27. The van der Waals surface area contributed by atoms with E-state index in [1.165, 1.54) is 0 Å². The van der Waals surface area contributed by atoms with Gasteiger partial charge in [0.25, 0.3) is 0 Å². The number of nitrogens with one attached hydrogen (secondary N) is 1. The zero-order chi connectivity index (χ0) is 14.5. The number of amides is 1. The molecule has 1 atom stereocenters. The average Bonchev–Trinajstić information content (AvgIpc) is 2.92. The Morgan fingerprint density at radius 3 is 2.55 bits per heavy atom. The monoisotopic (exact) mass is 272 g/mol. The highest BCUT2D eigenvalue weighted by atomic mass is 16.2. The van der Waals surface area contributed by atoms with Crippen molar-refractivity contribution in [3.8, 4) is 0 Å². The van der Waals surface area contributed by atoms with Gasteiger partial charge in [-0.1, -0.05) is 36.8 Å². The Morgan fingerprint density at radius 2 is 2.00 bits per heavy atom. The molecule has 5 nitrogen and oxygen atoms in total. The highest BCUT2D eigenvalue weighted by Crippen LogP contribution is 2.19. The summed E-state index contributed by atoms with van der Waals surface area (Å²) in [4.78, 5) is 12.4. The molecule has 0 aliphatic rings. The summed E-state index contributed by atoms with van der Waals surface area (Å²) in [6.45, 7) is 6.19. The topological polar surface area (TPSA) is 59.8 Å². The van der Waals surface area contributed by atoms with Gasteiger partial charge in [0.1, 0.15) is 6.04 Å². The second kappa shape index (κ2) is 6.32. The Balaban J connectivity index is 2.12. The minimum Gasteiger partial charge on any atom is -0.324 e. The van der Waals surface area contributed by atoms with Crippen LogP contribution in [0.2, 0.25) is 0 Å². The first-order chi connectivity index (χ1) is 9.56. The molecule has 1 aromatic heterocycles. The molecule has 0 bridgehead atoms. The van der Waals surface area contributed by atoms with E-state index in [1.54, 1.807) is 17.1 Å². The van der Waals surface area contributed by atoms with Crippen molar-refractivity contribution < 1.29 is 4.79 Å². The summed E-state index contributed by atoms with van der Waals surface area (Å²) >= 11 is 0. The van der Waals surface area contributed by atoms with Gasteiger partial charge in [-0.2, -0.15) is 0 Å². The van der Waals surface area contributed by atoms with Gasteiger partial charge in [-0.05, 0) is 31.4 Å². The number of carbonyl (C=O) groups excluding carboxylic acids is 1. The fraction of sp³-hybridized carbons (Fsp3) is 0.400. The van der Waals surface area contributed by atoms with Crippen molar-refractivity contribution in [3.05, 3.63) is 42.2 Å². The summed E-state index contributed by atoms with van der Waals surface area (Å²) < 4.78 is 1.61.